The molecule has 4 heteroatoms. The number of hydrogen-bond donors (Lipinski definition) is 1. The summed E-state index contributed by atoms with van der Waals surface area (Å²) in [6, 6.07) is 0. The highest BCUT2D eigenvalue weighted by molar-refractivity contribution is 6.25. The van der Waals surface area contributed by atoms with E-state index in [9.17, 15) is 4.79 Å². The third-order valence-corrected chi connectivity index (χ3v) is 0.249. The van der Waals surface area contributed by atoms with Crippen molar-refractivity contribution in [3.63, 3.8) is 0 Å². The van der Waals surface area contributed by atoms with Crippen LogP contribution in [-0.2, 0) is 9.53 Å². The van der Waals surface area contributed by atoms with E-state index in [1.54, 1.807) is 0 Å². The fraction of sp³-hybridized carbons (Fsp3) is 0.125. The van der Waals surface area contributed by atoms with Crippen molar-refractivity contribution in [3.05, 3.63) is 37.8 Å². The van der Waals surface area contributed by atoms with Crippen LogP contribution < -0.4 is 0 Å². The normalized spacial score (nSPS) is 5.50. The highest BCUT2D eigenvalue weighted by Crippen LogP contribution is 1.70. The first kappa shape index (κ1) is 17.0. The number of aliphatic hydroxyl groups is 1. The monoisotopic (exact) mass is 192 g/mol. The molecule has 0 fully saturated rings. The fourth-order valence-electron chi connectivity index (χ4n) is 0.117. The van der Waals surface area contributed by atoms with E-state index in [2.05, 4.69) is 24.5 Å². The highest BCUT2D eigenvalue weighted by atomic mass is 35.5. The molecule has 12 heavy (non-hydrogen) atoms. The van der Waals surface area contributed by atoms with Gasteiger partial charge in [0.1, 0.15) is 0 Å². The first-order valence-corrected chi connectivity index (χ1v) is 3.28. The van der Waals surface area contributed by atoms with E-state index in [4.69, 9.17) is 16.7 Å². The van der Waals surface area contributed by atoms with Gasteiger partial charge in [0.15, 0.2) is 0 Å². The standard InChI is InChI=1S/C4H6O2.C2H3Cl.C2H4O/c1-3-6-4(2)5;2*1-2-3/h3H,1H2,2H3;2H,1H2;2-3H,1H2. The van der Waals surface area contributed by atoms with Gasteiger partial charge in [-0.2, -0.15) is 0 Å². The molecule has 0 aromatic carbocycles. The molecule has 0 atom stereocenters. The van der Waals surface area contributed by atoms with Gasteiger partial charge in [0.25, 0.3) is 0 Å². The van der Waals surface area contributed by atoms with E-state index in [0.29, 0.717) is 0 Å². The van der Waals surface area contributed by atoms with E-state index >= 15 is 0 Å². The first-order valence-electron chi connectivity index (χ1n) is 2.85. The van der Waals surface area contributed by atoms with Crippen LogP contribution in [0, 0.1) is 0 Å². The fourth-order valence-corrected chi connectivity index (χ4v) is 0.117. The molecule has 0 amide bonds. The Morgan fingerprint density at radius 1 is 1.50 bits per heavy atom. The molecule has 0 radical (unpaired) electrons. The summed E-state index contributed by atoms with van der Waals surface area (Å²) < 4.78 is 4.17. The average molecular weight is 193 g/mol. The van der Waals surface area contributed by atoms with Crippen molar-refractivity contribution >= 4 is 17.6 Å². The molecule has 0 unspecified atom stereocenters. The second kappa shape index (κ2) is 22.6. The lowest BCUT2D eigenvalue weighted by atomic mass is 10.8. The van der Waals surface area contributed by atoms with E-state index in [1.807, 2.05) is 0 Å². The Balaban J connectivity index is -0.000000115. The van der Waals surface area contributed by atoms with Gasteiger partial charge >= 0.3 is 5.97 Å². The second-order valence-corrected chi connectivity index (χ2v) is 1.42. The Morgan fingerprint density at radius 3 is 1.75 bits per heavy atom. The van der Waals surface area contributed by atoms with E-state index in [1.165, 1.54) is 12.5 Å². The summed E-state index contributed by atoms with van der Waals surface area (Å²) in [5, 5.41) is 7.33. The number of ether oxygens (including phenoxy) is 1. The van der Waals surface area contributed by atoms with Gasteiger partial charge in [0.05, 0.1) is 12.5 Å². The zero-order valence-corrected chi connectivity index (χ0v) is 7.75. The lowest BCUT2D eigenvalue weighted by Crippen LogP contribution is -1.87. The van der Waals surface area contributed by atoms with Crippen LogP contribution in [0.5, 0.6) is 0 Å². The lowest BCUT2D eigenvalue weighted by Gasteiger charge is -1.83. The summed E-state index contributed by atoms with van der Waals surface area (Å²) in [6.45, 7) is 10.5. The first-order chi connectivity index (χ1) is 5.60. The van der Waals surface area contributed by atoms with E-state index < -0.39 is 0 Å². The molecule has 0 heterocycles. The number of carbonyl (C=O) groups excluding carboxylic acids is 1. The van der Waals surface area contributed by atoms with Gasteiger partial charge in [0.2, 0.25) is 0 Å². The number of esters is 1. The number of hydrogen-bond acceptors (Lipinski definition) is 3. The molecule has 0 aliphatic carbocycles. The number of aliphatic hydroxyl groups excluding tert-OH is 1. The SMILES string of the molecule is C=CCl.C=CO.C=COC(C)=O. The Bertz CT molecular complexity index is 126. The van der Waals surface area contributed by atoms with Crippen LogP contribution in [0.25, 0.3) is 0 Å². The second-order valence-electron chi connectivity index (χ2n) is 1.11. The van der Waals surface area contributed by atoms with Gasteiger partial charge in [-0.05, 0) is 5.54 Å². The van der Waals surface area contributed by atoms with Crippen molar-refractivity contribution in [2.24, 2.45) is 0 Å². The van der Waals surface area contributed by atoms with Crippen LogP contribution in [-0.4, -0.2) is 11.1 Å². The molecule has 0 aromatic heterocycles. The molecule has 0 saturated heterocycles. The van der Waals surface area contributed by atoms with E-state index in [-0.39, 0.29) is 5.97 Å². The van der Waals surface area contributed by atoms with Gasteiger partial charge in [-0.3, -0.25) is 4.79 Å². The van der Waals surface area contributed by atoms with Crippen molar-refractivity contribution in [1.82, 2.24) is 0 Å². The smallest absolute Gasteiger partial charge is 0.307 e. The maximum atomic E-state index is 9.75. The minimum absolute atomic E-state index is 0.329. The minimum Gasteiger partial charge on any atom is -0.516 e. The highest BCUT2D eigenvalue weighted by Gasteiger charge is 1.79. The Hall–Kier alpha value is -1.22. The van der Waals surface area contributed by atoms with E-state index in [0.717, 1.165) is 12.5 Å². The van der Waals surface area contributed by atoms with Crippen LogP contribution >= 0.6 is 11.6 Å². The third-order valence-electron chi connectivity index (χ3n) is 0.249. The summed E-state index contributed by atoms with van der Waals surface area (Å²) in [7, 11) is 0. The van der Waals surface area contributed by atoms with Crippen LogP contribution in [0.2, 0.25) is 0 Å². The Labute approximate surface area is 77.6 Å². The third kappa shape index (κ3) is 168. The summed E-state index contributed by atoms with van der Waals surface area (Å²) >= 11 is 4.76. The van der Waals surface area contributed by atoms with Crippen molar-refractivity contribution in [3.8, 4) is 0 Å². The molecule has 0 spiro atoms. The van der Waals surface area contributed by atoms with Gasteiger partial charge in [-0.25, -0.2) is 0 Å². The van der Waals surface area contributed by atoms with Crippen molar-refractivity contribution in [2.45, 2.75) is 6.92 Å². The zero-order valence-electron chi connectivity index (χ0n) is 7.00. The number of carbonyl (C=O) groups is 1. The van der Waals surface area contributed by atoms with Crippen molar-refractivity contribution in [2.75, 3.05) is 0 Å². The maximum absolute atomic E-state index is 9.75. The zero-order chi connectivity index (χ0) is 10.4. The Kier molecular flexibility index (Phi) is 32.0. The number of rotatable bonds is 1. The Morgan fingerprint density at radius 2 is 1.75 bits per heavy atom. The van der Waals surface area contributed by atoms with Crippen molar-refractivity contribution < 1.29 is 14.6 Å². The molecule has 0 bridgehead atoms. The minimum atomic E-state index is -0.329. The predicted molar refractivity (Wildman–Crippen MR) is 50.8 cm³/mol. The molecule has 1 N–H and O–H groups in total. The summed E-state index contributed by atoms with van der Waals surface area (Å²) in [6.07, 6.45) is 1.85. The average Bonchev–Trinajstić information content (AvgIpc) is 1.89. The quantitative estimate of drug-likeness (QED) is 0.513. The van der Waals surface area contributed by atoms with Crippen LogP contribution in [0.15, 0.2) is 37.8 Å². The molecular formula is C8H13ClO3. The summed E-state index contributed by atoms with van der Waals surface area (Å²) in [4.78, 5) is 9.75. The van der Waals surface area contributed by atoms with Crippen molar-refractivity contribution in [1.29, 1.82) is 0 Å². The number of halogens is 1. The van der Waals surface area contributed by atoms with Gasteiger partial charge in [-0.15, -0.1) is 0 Å². The van der Waals surface area contributed by atoms with Gasteiger partial charge < -0.3 is 9.84 Å². The largest absolute Gasteiger partial charge is 0.516 e. The predicted octanol–water partition coefficient (Wildman–Crippen LogP) is 2.75. The molecule has 0 aliphatic heterocycles. The summed E-state index contributed by atoms with van der Waals surface area (Å²) in [5.41, 5.74) is 1.22. The molecule has 3 nitrogen and oxygen atoms in total. The maximum Gasteiger partial charge on any atom is 0.307 e. The summed E-state index contributed by atoms with van der Waals surface area (Å²) in [5.74, 6) is -0.329. The molecule has 0 aromatic rings. The van der Waals surface area contributed by atoms with Crippen LogP contribution in [0.3, 0.4) is 0 Å². The topological polar surface area (TPSA) is 46.5 Å². The molecule has 0 saturated carbocycles. The molecule has 0 rings (SSSR count). The molecule has 70 valence electrons. The van der Waals surface area contributed by atoms with Crippen LogP contribution in [0.1, 0.15) is 6.92 Å². The molecular weight excluding hydrogens is 180 g/mol. The van der Waals surface area contributed by atoms with Gasteiger partial charge in [-0.1, -0.05) is 31.3 Å². The van der Waals surface area contributed by atoms with Crippen LogP contribution in [0.4, 0.5) is 0 Å². The van der Waals surface area contributed by atoms with Gasteiger partial charge in [0, 0.05) is 6.92 Å². The molecule has 0 aliphatic rings. The lowest BCUT2D eigenvalue weighted by molar-refractivity contribution is -0.135.